The zero-order valence-corrected chi connectivity index (χ0v) is 10.8. The molecule has 0 heterocycles. The van der Waals surface area contributed by atoms with Gasteiger partial charge in [-0.3, -0.25) is 4.79 Å². The Morgan fingerprint density at radius 2 is 1.94 bits per heavy atom. The lowest BCUT2D eigenvalue weighted by atomic mass is 9.62. The lowest BCUT2D eigenvalue weighted by Gasteiger charge is -2.45. The van der Waals surface area contributed by atoms with Gasteiger partial charge in [-0.1, -0.05) is 34.1 Å². The van der Waals surface area contributed by atoms with Gasteiger partial charge in [0.15, 0.2) is 0 Å². The van der Waals surface area contributed by atoms with Crippen molar-refractivity contribution in [3.05, 3.63) is 34.3 Å². The first-order valence-corrected chi connectivity index (χ1v) is 5.92. The number of esters is 1. The summed E-state index contributed by atoms with van der Waals surface area (Å²) in [5, 5.41) is 0. The number of ether oxygens (including phenoxy) is 1. The van der Waals surface area contributed by atoms with E-state index in [1.165, 1.54) is 7.11 Å². The standard InChI is InChI=1S/C12H11BrF2O2/c1-17-10(16)11(6-12(14,15)7-11)8-4-2-3-5-9(8)13/h2-5H,6-7H2,1H3. The quantitative estimate of drug-likeness (QED) is 0.784. The summed E-state index contributed by atoms with van der Waals surface area (Å²) in [6.07, 6.45) is -0.982. The van der Waals surface area contributed by atoms with Crippen LogP contribution in [0.3, 0.4) is 0 Å². The molecule has 0 radical (unpaired) electrons. The molecule has 2 rings (SSSR count). The van der Waals surface area contributed by atoms with Crippen LogP contribution in [0.15, 0.2) is 28.7 Å². The molecule has 0 amide bonds. The molecule has 0 atom stereocenters. The predicted octanol–water partition coefficient (Wildman–Crippen LogP) is 3.29. The van der Waals surface area contributed by atoms with Crippen LogP contribution in [-0.2, 0) is 14.9 Å². The molecule has 5 heteroatoms. The molecular weight excluding hydrogens is 294 g/mol. The van der Waals surface area contributed by atoms with Gasteiger partial charge in [-0.25, -0.2) is 8.78 Å². The molecule has 2 nitrogen and oxygen atoms in total. The molecule has 0 aliphatic heterocycles. The van der Waals surface area contributed by atoms with E-state index in [2.05, 4.69) is 20.7 Å². The Kier molecular flexibility index (Phi) is 2.97. The number of hydrogen-bond acceptors (Lipinski definition) is 2. The second-order valence-electron chi connectivity index (χ2n) is 4.26. The Labute approximate surface area is 106 Å². The van der Waals surface area contributed by atoms with Gasteiger partial charge in [-0.2, -0.15) is 0 Å². The first-order valence-electron chi connectivity index (χ1n) is 5.13. The second-order valence-corrected chi connectivity index (χ2v) is 5.12. The van der Waals surface area contributed by atoms with E-state index < -0.39 is 30.1 Å². The van der Waals surface area contributed by atoms with Gasteiger partial charge in [0.2, 0.25) is 0 Å². The molecule has 0 N–H and O–H groups in total. The van der Waals surface area contributed by atoms with Gasteiger partial charge in [0.25, 0.3) is 5.92 Å². The summed E-state index contributed by atoms with van der Waals surface area (Å²) in [5.74, 6) is -3.39. The maximum Gasteiger partial charge on any atom is 0.316 e. The summed E-state index contributed by atoms with van der Waals surface area (Å²) >= 11 is 3.29. The van der Waals surface area contributed by atoms with Crippen LogP contribution < -0.4 is 0 Å². The average Bonchev–Trinajstić information content (AvgIpc) is 2.25. The monoisotopic (exact) mass is 304 g/mol. The molecule has 0 unspecified atom stereocenters. The Morgan fingerprint density at radius 1 is 1.35 bits per heavy atom. The van der Waals surface area contributed by atoms with Crippen LogP contribution in [0, 0.1) is 0 Å². The van der Waals surface area contributed by atoms with Crippen molar-refractivity contribution in [3.8, 4) is 0 Å². The number of rotatable bonds is 2. The molecule has 1 saturated carbocycles. The number of carbonyl (C=O) groups excluding carboxylic acids is 1. The molecule has 1 aromatic rings. The molecule has 1 aromatic carbocycles. The largest absolute Gasteiger partial charge is 0.468 e. The predicted molar refractivity (Wildman–Crippen MR) is 62.0 cm³/mol. The van der Waals surface area contributed by atoms with Gasteiger partial charge in [-0.15, -0.1) is 0 Å². The highest BCUT2D eigenvalue weighted by atomic mass is 79.9. The number of carbonyl (C=O) groups is 1. The number of alkyl halides is 2. The summed E-state index contributed by atoms with van der Waals surface area (Å²) in [7, 11) is 1.22. The number of methoxy groups -OCH3 is 1. The van der Waals surface area contributed by atoms with Gasteiger partial charge in [0.05, 0.1) is 7.11 Å². The third-order valence-corrected chi connectivity index (χ3v) is 3.78. The first kappa shape index (κ1) is 12.5. The Morgan fingerprint density at radius 3 is 2.41 bits per heavy atom. The maximum absolute atomic E-state index is 13.1. The second kappa shape index (κ2) is 4.05. The summed E-state index contributed by atoms with van der Waals surface area (Å²) in [5.41, 5.74) is -0.643. The van der Waals surface area contributed by atoms with Crippen molar-refractivity contribution < 1.29 is 18.3 Å². The van der Waals surface area contributed by atoms with E-state index >= 15 is 0 Å². The smallest absolute Gasteiger partial charge is 0.316 e. The minimum atomic E-state index is -2.79. The lowest BCUT2D eigenvalue weighted by Crippen LogP contribution is -2.55. The highest BCUT2D eigenvalue weighted by Crippen LogP contribution is 2.55. The van der Waals surface area contributed by atoms with Crippen LogP contribution in [0.1, 0.15) is 18.4 Å². The Hall–Kier alpha value is -0.970. The van der Waals surface area contributed by atoms with Crippen LogP contribution >= 0.6 is 15.9 Å². The van der Waals surface area contributed by atoms with Gasteiger partial charge in [0, 0.05) is 17.3 Å². The maximum atomic E-state index is 13.1. The fraction of sp³-hybridized carbons (Fsp3) is 0.417. The topological polar surface area (TPSA) is 26.3 Å². The van der Waals surface area contributed by atoms with Crippen molar-refractivity contribution in [1.29, 1.82) is 0 Å². The number of halogens is 3. The van der Waals surface area contributed by atoms with Crippen LogP contribution in [0.25, 0.3) is 0 Å². The van der Waals surface area contributed by atoms with Crippen LogP contribution in [0.4, 0.5) is 8.78 Å². The molecule has 1 fully saturated rings. The van der Waals surface area contributed by atoms with Crippen LogP contribution in [0.2, 0.25) is 0 Å². The normalized spacial score (nSPS) is 20.5. The zero-order chi connectivity index (χ0) is 12.7. The molecule has 0 spiro atoms. The highest BCUT2D eigenvalue weighted by Gasteiger charge is 2.63. The number of hydrogen-bond donors (Lipinski definition) is 0. The van der Waals surface area contributed by atoms with Gasteiger partial charge in [-0.05, 0) is 11.6 Å². The van der Waals surface area contributed by atoms with Crippen LogP contribution in [-0.4, -0.2) is 19.0 Å². The Bertz CT molecular complexity index is 452. The fourth-order valence-corrected chi connectivity index (χ4v) is 2.98. The van der Waals surface area contributed by atoms with Gasteiger partial charge < -0.3 is 4.74 Å². The van der Waals surface area contributed by atoms with E-state index in [0.717, 1.165) is 0 Å². The molecule has 1 aliphatic carbocycles. The van der Waals surface area contributed by atoms with E-state index in [0.29, 0.717) is 10.0 Å². The van der Waals surface area contributed by atoms with Crippen molar-refractivity contribution in [2.75, 3.05) is 7.11 Å². The minimum absolute atomic E-state index is 0.491. The minimum Gasteiger partial charge on any atom is -0.468 e. The Balaban J connectivity index is 2.44. The summed E-state index contributed by atoms with van der Waals surface area (Å²) < 4.78 is 31.6. The summed E-state index contributed by atoms with van der Waals surface area (Å²) in [6, 6.07) is 6.91. The first-order chi connectivity index (χ1) is 7.91. The highest BCUT2D eigenvalue weighted by molar-refractivity contribution is 9.10. The van der Waals surface area contributed by atoms with Crippen LogP contribution in [0.5, 0.6) is 0 Å². The average molecular weight is 305 g/mol. The number of benzene rings is 1. The van der Waals surface area contributed by atoms with Crippen molar-refractivity contribution >= 4 is 21.9 Å². The third-order valence-electron chi connectivity index (χ3n) is 3.09. The van der Waals surface area contributed by atoms with E-state index in [4.69, 9.17) is 0 Å². The van der Waals surface area contributed by atoms with Crippen molar-refractivity contribution in [3.63, 3.8) is 0 Å². The molecule has 0 bridgehead atoms. The lowest BCUT2D eigenvalue weighted by molar-refractivity contribution is -0.177. The fourth-order valence-electron chi connectivity index (χ4n) is 2.32. The zero-order valence-electron chi connectivity index (χ0n) is 9.17. The molecule has 92 valence electrons. The summed E-state index contributed by atoms with van der Waals surface area (Å²) in [6.45, 7) is 0. The van der Waals surface area contributed by atoms with E-state index in [9.17, 15) is 13.6 Å². The van der Waals surface area contributed by atoms with Crippen molar-refractivity contribution in [1.82, 2.24) is 0 Å². The molecule has 0 saturated heterocycles. The SMILES string of the molecule is COC(=O)C1(c2ccccc2Br)CC(F)(F)C1. The van der Waals surface area contributed by atoms with E-state index in [1.807, 2.05) is 0 Å². The van der Waals surface area contributed by atoms with Crippen molar-refractivity contribution in [2.45, 2.75) is 24.2 Å². The van der Waals surface area contributed by atoms with Gasteiger partial charge >= 0.3 is 5.97 Å². The summed E-state index contributed by atoms with van der Waals surface area (Å²) in [4.78, 5) is 11.8. The molecule has 1 aliphatic rings. The van der Waals surface area contributed by atoms with E-state index in [1.54, 1.807) is 24.3 Å². The molecule has 17 heavy (non-hydrogen) atoms. The van der Waals surface area contributed by atoms with Crippen molar-refractivity contribution in [2.24, 2.45) is 0 Å². The van der Waals surface area contributed by atoms with Gasteiger partial charge in [0.1, 0.15) is 5.41 Å². The molecular formula is C12H11BrF2O2. The van der Waals surface area contributed by atoms with E-state index in [-0.39, 0.29) is 0 Å². The molecule has 0 aromatic heterocycles. The third kappa shape index (κ3) is 1.97.